The molecule has 0 fully saturated rings. The summed E-state index contributed by atoms with van der Waals surface area (Å²) in [6, 6.07) is 24.4. The lowest BCUT2D eigenvalue weighted by Crippen LogP contribution is -2.54. The minimum atomic E-state index is -0.0250. The monoisotopic (exact) mass is 363 g/mol. The number of rotatable bonds is 2. The van der Waals surface area contributed by atoms with E-state index in [2.05, 4.69) is 102 Å². The molecular formula is C26H23N2+. The molecule has 28 heavy (non-hydrogen) atoms. The lowest BCUT2D eigenvalue weighted by atomic mass is 9.91. The second kappa shape index (κ2) is 5.45. The Labute approximate surface area is 164 Å². The van der Waals surface area contributed by atoms with Crippen LogP contribution in [0.5, 0.6) is 0 Å². The smallest absolute Gasteiger partial charge is 0.213 e. The number of hydrogen-bond donors (Lipinski definition) is 0. The van der Waals surface area contributed by atoms with Gasteiger partial charge in [-0.25, -0.2) is 4.57 Å². The second-order valence-corrected chi connectivity index (χ2v) is 7.91. The second-order valence-electron chi connectivity index (χ2n) is 7.91. The SMILES string of the molecule is CCC1(CC)C=Cc2cccc3c4ccccc4n4c5ccccc5[n+]1c4c23. The molecule has 0 amide bonds. The minimum absolute atomic E-state index is 0.0250. The molecule has 0 unspecified atom stereocenters. The number of para-hydroxylation sites is 3. The summed E-state index contributed by atoms with van der Waals surface area (Å²) in [5.41, 5.74) is 6.48. The van der Waals surface area contributed by atoms with Crippen LogP contribution in [0.15, 0.2) is 72.8 Å². The number of aromatic nitrogens is 2. The molecule has 6 rings (SSSR count). The fourth-order valence-electron chi connectivity index (χ4n) is 5.29. The molecule has 2 heteroatoms. The van der Waals surface area contributed by atoms with Crippen molar-refractivity contribution in [1.29, 1.82) is 0 Å². The molecule has 0 spiro atoms. The first-order valence-corrected chi connectivity index (χ1v) is 10.3. The van der Waals surface area contributed by atoms with Crippen LogP contribution in [0.3, 0.4) is 0 Å². The Bertz CT molecular complexity index is 1430. The Kier molecular flexibility index (Phi) is 3.09. The van der Waals surface area contributed by atoms with Gasteiger partial charge < -0.3 is 0 Å². The van der Waals surface area contributed by atoms with Crippen LogP contribution in [0, 0.1) is 0 Å². The zero-order chi connectivity index (χ0) is 18.9. The molecule has 1 aliphatic rings. The van der Waals surface area contributed by atoms with E-state index in [1.807, 2.05) is 0 Å². The van der Waals surface area contributed by atoms with E-state index in [0.29, 0.717) is 0 Å². The van der Waals surface area contributed by atoms with Crippen molar-refractivity contribution in [2.24, 2.45) is 0 Å². The highest BCUT2D eigenvalue weighted by Gasteiger charge is 2.39. The van der Waals surface area contributed by atoms with Crippen LogP contribution in [0.2, 0.25) is 0 Å². The molecule has 5 aromatic rings. The highest BCUT2D eigenvalue weighted by Crippen LogP contribution is 2.38. The van der Waals surface area contributed by atoms with Crippen molar-refractivity contribution in [1.82, 2.24) is 4.40 Å². The van der Waals surface area contributed by atoms with Gasteiger partial charge in [0.05, 0.1) is 5.39 Å². The van der Waals surface area contributed by atoms with Crippen molar-refractivity contribution in [3.8, 4) is 0 Å². The van der Waals surface area contributed by atoms with Crippen LogP contribution in [0.4, 0.5) is 0 Å². The fraction of sp³-hybridized carbons (Fsp3) is 0.192. The van der Waals surface area contributed by atoms with Crippen LogP contribution in [0.1, 0.15) is 32.3 Å². The normalized spacial score (nSPS) is 15.2. The van der Waals surface area contributed by atoms with E-state index in [1.165, 1.54) is 43.9 Å². The van der Waals surface area contributed by atoms with Gasteiger partial charge in [0, 0.05) is 10.8 Å². The van der Waals surface area contributed by atoms with Gasteiger partial charge in [-0.3, -0.25) is 0 Å². The van der Waals surface area contributed by atoms with Gasteiger partial charge >= 0.3 is 0 Å². The molecule has 3 heterocycles. The van der Waals surface area contributed by atoms with Crippen molar-refractivity contribution in [2.75, 3.05) is 0 Å². The van der Waals surface area contributed by atoms with E-state index in [9.17, 15) is 0 Å². The fourth-order valence-corrected chi connectivity index (χ4v) is 5.29. The number of pyridine rings is 1. The van der Waals surface area contributed by atoms with Crippen molar-refractivity contribution in [2.45, 2.75) is 32.2 Å². The first-order chi connectivity index (χ1) is 13.8. The number of nitrogens with zero attached hydrogens (tertiary/aromatic N) is 2. The lowest BCUT2D eigenvalue weighted by molar-refractivity contribution is -0.706. The summed E-state index contributed by atoms with van der Waals surface area (Å²) in [4.78, 5) is 0. The Balaban J connectivity index is 2.07. The molecular weight excluding hydrogens is 340 g/mol. The van der Waals surface area contributed by atoms with Gasteiger partial charge in [-0.15, -0.1) is 0 Å². The number of allylic oxidation sites excluding steroid dienone is 1. The van der Waals surface area contributed by atoms with Gasteiger partial charge in [0.25, 0.3) is 5.65 Å². The first-order valence-electron chi connectivity index (χ1n) is 10.3. The summed E-state index contributed by atoms with van der Waals surface area (Å²) >= 11 is 0. The molecule has 0 saturated heterocycles. The zero-order valence-corrected chi connectivity index (χ0v) is 16.3. The van der Waals surface area contributed by atoms with Gasteiger partial charge in [0.1, 0.15) is 11.1 Å². The average Bonchev–Trinajstić information content (AvgIpc) is 3.03. The average molecular weight is 363 g/mol. The van der Waals surface area contributed by atoms with Crippen LogP contribution < -0.4 is 4.57 Å². The van der Waals surface area contributed by atoms with E-state index in [1.54, 1.807) is 0 Å². The summed E-state index contributed by atoms with van der Waals surface area (Å²) in [5.74, 6) is 0. The van der Waals surface area contributed by atoms with Crippen LogP contribution in [-0.2, 0) is 5.54 Å². The highest BCUT2D eigenvalue weighted by atomic mass is 15.2. The Morgan fingerprint density at radius 2 is 1.50 bits per heavy atom. The quantitative estimate of drug-likeness (QED) is 0.260. The standard InChI is InChI=1S/C26H23N2/c1-3-26(4-2)17-16-18-10-9-12-20-19-11-5-6-13-21(19)27-22-14-7-8-15-23(22)28(26)25(27)24(18)20/h5-17H,3-4H2,1-2H3/q+1. The predicted molar refractivity (Wildman–Crippen MR) is 118 cm³/mol. The molecule has 0 atom stereocenters. The summed E-state index contributed by atoms with van der Waals surface area (Å²) in [6.45, 7) is 4.63. The van der Waals surface area contributed by atoms with Crippen molar-refractivity contribution < 1.29 is 4.57 Å². The molecule has 136 valence electrons. The van der Waals surface area contributed by atoms with Crippen molar-refractivity contribution in [3.05, 3.63) is 78.4 Å². The number of fused-ring (bicyclic) bond motifs is 6. The van der Waals surface area contributed by atoms with Gasteiger partial charge in [0.2, 0.25) is 0 Å². The van der Waals surface area contributed by atoms with Crippen LogP contribution >= 0.6 is 0 Å². The largest absolute Gasteiger partial charge is 0.297 e. The highest BCUT2D eigenvalue weighted by molar-refractivity contribution is 6.15. The predicted octanol–water partition coefficient (Wildman–Crippen LogP) is 6.23. The molecule has 2 nitrogen and oxygen atoms in total. The van der Waals surface area contributed by atoms with E-state index >= 15 is 0 Å². The summed E-state index contributed by atoms with van der Waals surface area (Å²) < 4.78 is 5.10. The van der Waals surface area contributed by atoms with Gasteiger partial charge in [-0.2, -0.15) is 4.40 Å². The zero-order valence-electron chi connectivity index (χ0n) is 16.3. The maximum Gasteiger partial charge on any atom is 0.297 e. The lowest BCUT2D eigenvalue weighted by Gasteiger charge is -2.25. The third-order valence-corrected chi connectivity index (χ3v) is 6.79. The van der Waals surface area contributed by atoms with E-state index in [0.717, 1.165) is 12.8 Å². The topological polar surface area (TPSA) is 8.29 Å². The van der Waals surface area contributed by atoms with Crippen LogP contribution in [0.25, 0.3) is 44.4 Å². The third kappa shape index (κ3) is 1.76. The molecule has 0 saturated carbocycles. The van der Waals surface area contributed by atoms with Crippen molar-refractivity contribution >= 4 is 44.4 Å². The molecule has 0 N–H and O–H groups in total. The Morgan fingerprint density at radius 3 is 2.32 bits per heavy atom. The number of hydrogen-bond acceptors (Lipinski definition) is 0. The minimum Gasteiger partial charge on any atom is -0.213 e. The molecule has 2 aromatic heterocycles. The van der Waals surface area contributed by atoms with E-state index in [-0.39, 0.29) is 5.54 Å². The molecule has 1 aliphatic heterocycles. The Hall–Kier alpha value is -3.13. The number of benzene rings is 3. The van der Waals surface area contributed by atoms with Crippen LogP contribution in [-0.4, -0.2) is 4.40 Å². The molecule has 0 radical (unpaired) electrons. The maximum atomic E-state index is 2.62. The van der Waals surface area contributed by atoms with Gasteiger partial charge in [-0.05, 0) is 42.7 Å². The molecule has 3 aromatic carbocycles. The number of imidazole rings is 1. The first kappa shape index (κ1) is 15.9. The third-order valence-electron chi connectivity index (χ3n) is 6.79. The summed E-state index contributed by atoms with van der Waals surface area (Å²) in [7, 11) is 0. The molecule has 0 bridgehead atoms. The van der Waals surface area contributed by atoms with E-state index < -0.39 is 0 Å². The Morgan fingerprint density at radius 1 is 0.786 bits per heavy atom. The summed E-state index contributed by atoms with van der Waals surface area (Å²) in [6.07, 6.45) is 6.93. The maximum absolute atomic E-state index is 2.62. The van der Waals surface area contributed by atoms with Gasteiger partial charge in [0.15, 0.2) is 11.0 Å². The molecule has 0 aliphatic carbocycles. The van der Waals surface area contributed by atoms with E-state index in [4.69, 9.17) is 0 Å². The summed E-state index contributed by atoms with van der Waals surface area (Å²) in [5, 5.41) is 4.01. The van der Waals surface area contributed by atoms with Crippen molar-refractivity contribution in [3.63, 3.8) is 0 Å². The van der Waals surface area contributed by atoms with Gasteiger partial charge in [-0.1, -0.05) is 68.5 Å².